The van der Waals surface area contributed by atoms with Gasteiger partial charge in [-0.25, -0.2) is 0 Å². The molecule has 0 radical (unpaired) electrons. The van der Waals surface area contributed by atoms with Crippen molar-refractivity contribution in [1.29, 1.82) is 0 Å². The summed E-state index contributed by atoms with van der Waals surface area (Å²) in [6.07, 6.45) is 0.637. The number of carbonyl (C=O) groups excluding carboxylic acids is 1. The number of carbonyl (C=O) groups is 1. The van der Waals surface area contributed by atoms with Crippen LogP contribution in [0.4, 0.5) is 5.69 Å². The minimum absolute atomic E-state index is 0.0427. The lowest BCUT2D eigenvalue weighted by Crippen LogP contribution is -2.44. The van der Waals surface area contributed by atoms with E-state index in [1.807, 2.05) is 30.3 Å². The molecule has 1 heterocycles. The number of nitrogens with two attached hydrogens (primary N) is 1. The van der Waals surface area contributed by atoms with Gasteiger partial charge in [0.2, 0.25) is 5.91 Å². The van der Waals surface area contributed by atoms with Gasteiger partial charge in [-0.3, -0.25) is 4.79 Å². The van der Waals surface area contributed by atoms with E-state index in [-0.39, 0.29) is 18.5 Å². The molecule has 1 atom stereocenters. The fraction of sp³-hybridized carbons (Fsp3) is 0.296. The van der Waals surface area contributed by atoms with Gasteiger partial charge in [-0.2, -0.15) is 0 Å². The Balaban J connectivity index is 1.56. The molecule has 0 aromatic heterocycles. The molecular formula is C27H32N4O. The molecule has 1 unspecified atom stereocenters. The van der Waals surface area contributed by atoms with Gasteiger partial charge in [0.25, 0.3) is 0 Å². The van der Waals surface area contributed by atoms with E-state index in [9.17, 15) is 4.79 Å². The highest BCUT2D eigenvalue weighted by molar-refractivity contribution is 5.84. The molecule has 1 saturated heterocycles. The van der Waals surface area contributed by atoms with Crippen molar-refractivity contribution in [2.24, 2.45) is 5.73 Å². The van der Waals surface area contributed by atoms with Crippen molar-refractivity contribution in [3.05, 3.63) is 90.0 Å². The predicted octanol–water partition coefficient (Wildman–Crippen LogP) is 3.46. The predicted molar refractivity (Wildman–Crippen MR) is 132 cm³/mol. The maximum atomic E-state index is 12.8. The van der Waals surface area contributed by atoms with Crippen LogP contribution in [0.25, 0.3) is 11.1 Å². The smallest absolute Gasteiger partial charge is 0.228 e. The van der Waals surface area contributed by atoms with Gasteiger partial charge < -0.3 is 20.9 Å². The quantitative estimate of drug-likeness (QED) is 0.566. The fourth-order valence-corrected chi connectivity index (χ4v) is 4.30. The van der Waals surface area contributed by atoms with E-state index >= 15 is 0 Å². The molecule has 3 aromatic carbocycles. The monoisotopic (exact) mass is 428 g/mol. The second-order valence-corrected chi connectivity index (χ2v) is 8.45. The van der Waals surface area contributed by atoms with E-state index in [1.54, 1.807) is 0 Å². The summed E-state index contributed by atoms with van der Waals surface area (Å²) < 4.78 is 0. The van der Waals surface area contributed by atoms with Crippen LogP contribution in [0.1, 0.15) is 17.0 Å². The largest absolute Gasteiger partial charge is 0.369 e. The number of amides is 1. The number of nitrogens with one attached hydrogen (secondary N) is 1. The highest BCUT2D eigenvalue weighted by Gasteiger charge is 2.21. The third kappa shape index (κ3) is 5.36. The van der Waals surface area contributed by atoms with Crippen LogP contribution in [-0.4, -0.2) is 50.7 Å². The molecule has 1 amide bonds. The van der Waals surface area contributed by atoms with E-state index in [0.717, 1.165) is 48.4 Å². The van der Waals surface area contributed by atoms with Crippen LogP contribution in [0, 0.1) is 0 Å². The number of hydrogen-bond donors (Lipinski definition) is 2. The van der Waals surface area contributed by atoms with E-state index < -0.39 is 0 Å². The molecule has 5 heteroatoms. The Labute approximate surface area is 190 Å². The van der Waals surface area contributed by atoms with E-state index in [4.69, 9.17) is 5.73 Å². The van der Waals surface area contributed by atoms with E-state index in [1.165, 1.54) is 5.69 Å². The Morgan fingerprint density at radius 1 is 0.906 bits per heavy atom. The summed E-state index contributed by atoms with van der Waals surface area (Å²) in [6.45, 7) is 4.44. The fourth-order valence-electron chi connectivity index (χ4n) is 4.30. The average molecular weight is 429 g/mol. The van der Waals surface area contributed by atoms with E-state index in [0.29, 0.717) is 6.42 Å². The summed E-state index contributed by atoms with van der Waals surface area (Å²) in [6, 6.07) is 27.2. The molecule has 166 valence electrons. The lowest BCUT2D eigenvalue weighted by atomic mass is 9.89. The van der Waals surface area contributed by atoms with Gasteiger partial charge in [-0.05, 0) is 47.9 Å². The minimum atomic E-state index is -0.287. The average Bonchev–Trinajstić information content (AvgIpc) is 2.84. The van der Waals surface area contributed by atoms with Gasteiger partial charge in [-0.15, -0.1) is 0 Å². The highest BCUT2D eigenvalue weighted by atomic mass is 16.1. The number of hydrogen-bond acceptors (Lipinski definition) is 4. The van der Waals surface area contributed by atoms with Crippen molar-refractivity contribution in [2.45, 2.75) is 12.3 Å². The zero-order valence-corrected chi connectivity index (χ0v) is 18.7. The first kappa shape index (κ1) is 22.1. The molecule has 4 rings (SSSR count). The van der Waals surface area contributed by atoms with Crippen LogP contribution in [0.15, 0.2) is 78.9 Å². The van der Waals surface area contributed by atoms with Crippen molar-refractivity contribution < 1.29 is 4.79 Å². The molecule has 1 fully saturated rings. The van der Waals surface area contributed by atoms with Gasteiger partial charge in [0.05, 0.1) is 12.6 Å². The van der Waals surface area contributed by atoms with Gasteiger partial charge in [0.1, 0.15) is 0 Å². The summed E-state index contributed by atoms with van der Waals surface area (Å²) in [5.74, 6) is -0.329. The first-order chi connectivity index (χ1) is 15.6. The Hall–Kier alpha value is -3.15. The summed E-state index contributed by atoms with van der Waals surface area (Å²) in [4.78, 5) is 17.6. The Morgan fingerprint density at radius 2 is 1.62 bits per heavy atom. The Morgan fingerprint density at radius 3 is 2.31 bits per heavy atom. The summed E-state index contributed by atoms with van der Waals surface area (Å²) in [5, 5.41) is 2.80. The van der Waals surface area contributed by atoms with E-state index in [2.05, 4.69) is 70.7 Å². The van der Waals surface area contributed by atoms with Crippen LogP contribution >= 0.6 is 0 Å². The van der Waals surface area contributed by atoms with Gasteiger partial charge >= 0.3 is 0 Å². The summed E-state index contributed by atoms with van der Waals surface area (Å²) in [7, 11) is 2.17. The molecular weight excluding hydrogens is 396 g/mol. The molecule has 0 aliphatic carbocycles. The van der Waals surface area contributed by atoms with Crippen LogP contribution in [-0.2, 0) is 11.2 Å². The van der Waals surface area contributed by atoms with Crippen LogP contribution in [0.3, 0.4) is 0 Å². The molecule has 5 nitrogen and oxygen atoms in total. The highest BCUT2D eigenvalue weighted by Crippen LogP contribution is 2.28. The van der Waals surface area contributed by atoms with Gasteiger partial charge in [0, 0.05) is 31.9 Å². The zero-order valence-electron chi connectivity index (χ0n) is 18.7. The standard InChI is InChI=1S/C27H32N4O/c1-30-14-16-31(17-15-30)25-12-10-22(11-13-25)23-8-5-9-24(19-23)26(27(32)29-20-28)18-21-6-3-2-4-7-21/h2-13,19,26H,14-18,20,28H2,1H3,(H,29,32). The first-order valence-electron chi connectivity index (χ1n) is 11.3. The number of nitrogens with zero attached hydrogens (tertiary/aromatic N) is 2. The second-order valence-electron chi connectivity index (χ2n) is 8.45. The lowest BCUT2D eigenvalue weighted by Gasteiger charge is -2.34. The Kier molecular flexibility index (Phi) is 7.20. The molecule has 1 aliphatic heterocycles. The van der Waals surface area contributed by atoms with Crippen LogP contribution in [0.5, 0.6) is 0 Å². The van der Waals surface area contributed by atoms with Gasteiger partial charge in [0.15, 0.2) is 0 Å². The topological polar surface area (TPSA) is 61.6 Å². The van der Waals surface area contributed by atoms with Crippen molar-refractivity contribution in [3.63, 3.8) is 0 Å². The lowest BCUT2D eigenvalue weighted by molar-refractivity contribution is -0.122. The van der Waals surface area contributed by atoms with Crippen molar-refractivity contribution >= 4 is 11.6 Å². The summed E-state index contributed by atoms with van der Waals surface area (Å²) >= 11 is 0. The SMILES string of the molecule is CN1CCN(c2ccc(-c3cccc(C(Cc4ccccc4)C(=O)NCN)c3)cc2)CC1. The van der Waals surface area contributed by atoms with Crippen LogP contribution < -0.4 is 16.0 Å². The maximum absolute atomic E-state index is 12.8. The molecule has 1 aliphatic rings. The number of benzene rings is 3. The molecule has 0 spiro atoms. The number of rotatable bonds is 7. The molecule has 3 N–H and O–H groups in total. The maximum Gasteiger partial charge on any atom is 0.228 e. The molecule has 3 aromatic rings. The second kappa shape index (κ2) is 10.4. The molecule has 32 heavy (non-hydrogen) atoms. The minimum Gasteiger partial charge on any atom is -0.369 e. The number of anilines is 1. The molecule has 0 saturated carbocycles. The van der Waals surface area contributed by atoms with Crippen molar-refractivity contribution in [1.82, 2.24) is 10.2 Å². The zero-order chi connectivity index (χ0) is 22.3. The van der Waals surface area contributed by atoms with Crippen molar-refractivity contribution in [2.75, 3.05) is 44.8 Å². The number of piperazine rings is 1. The normalized spacial score (nSPS) is 15.4. The van der Waals surface area contributed by atoms with Crippen molar-refractivity contribution in [3.8, 4) is 11.1 Å². The Bertz CT molecular complexity index is 1010. The van der Waals surface area contributed by atoms with Crippen LogP contribution in [0.2, 0.25) is 0 Å². The number of likely N-dealkylation sites (N-methyl/N-ethyl adjacent to an activating group) is 1. The molecule has 0 bridgehead atoms. The summed E-state index contributed by atoms with van der Waals surface area (Å²) in [5.41, 5.74) is 11.3. The first-order valence-corrected chi connectivity index (χ1v) is 11.3. The van der Waals surface area contributed by atoms with Gasteiger partial charge in [-0.1, -0.05) is 66.7 Å². The third-order valence-corrected chi connectivity index (χ3v) is 6.23. The third-order valence-electron chi connectivity index (χ3n) is 6.23.